The number of nitrogens with one attached hydrogen (secondary N) is 1. The molecule has 0 radical (unpaired) electrons. The predicted molar refractivity (Wildman–Crippen MR) is 123 cm³/mol. The van der Waals surface area contributed by atoms with E-state index in [1.54, 1.807) is 24.3 Å². The van der Waals surface area contributed by atoms with Crippen molar-refractivity contribution in [3.8, 4) is 0 Å². The molecule has 5 nitrogen and oxygen atoms in total. The standard InChI is InChI=1S/C24H25ClN2O3S/c1-17(18-6-9-22(25)10-7-18)26-24(28)20-12-14-27(15-13-20)31(29,30)23-11-8-19-4-2-3-5-21(19)16-23/h2-11,16-17,20H,12-15H2,1H3,(H,26,28)/t17-/m0/s1. The molecule has 0 spiro atoms. The van der Waals surface area contributed by atoms with Gasteiger partial charge in [0.15, 0.2) is 0 Å². The fourth-order valence-corrected chi connectivity index (χ4v) is 5.63. The van der Waals surface area contributed by atoms with Crippen molar-refractivity contribution in [2.75, 3.05) is 13.1 Å². The Labute approximate surface area is 188 Å². The number of amides is 1. The van der Waals surface area contributed by atoms with Gasteiger partial charge in [0.1, 0.15) is 0 Å². The molecule has 7 heteroatoms. The SMILES string of the molecule is C[C@H](NC(=O)C1CCN(S(=O)(=O)c2ccc3ccccc3c2)CC1)c1ccc(Cl)cc1. The quantitative estimate of drug-likeness (QED) is 0.601. The third kappa shape index (κ3) is 4.76. The van der Waals surface area contributed by atoms with Crippen molar-refractivity contribution in [3.63, 3.8) is 0 Å². The van der Waals surface area contributed by atoms with Crippen LogP contribution < -0.4 is 5.32 Å². The van der Waals surface area contributed by atoms with Gasteiger partial charge in [-0.1, -0.05) is 54.1 Å². The van der Waals surface area contributed by atoms with Crippen LogP contribution in [0.2, 0.25) is 5.02 Å². The molecular weight excluding hydrogens is 432 g/mol. The van der Waals surface area contributed by atoms with Crippen LogP contribution in [0, 0.1) is 5.92 Å². The molecule has 1 heterocycles. The lowest BCUT2D eigenvalue weighted by atomic mass is 9.96. The van der Waals surface area contributed by atoms with E-state index in [1.807, 2.05) is 49.4 Å². The number of hydrogen-bond acceptors (Lipinski definition) is 3. The zero-order valence-corrected chi connectivity index (χ0v) is 18.9. The second-order valence-electron chi connectivity index (χ2n) is 7.97. The summed E-state index contributed by atoms with van der Waals surface area (Å²) in [6, 6.07) is 20.2. The van der Waals surface area contributed by atoms with Crippen molar-refractivity contribution in [1.82, 2.24) is 9.62 Å². The van der Waals surface area contributed by atoms with E-state index in [1.165, 1.54) is 4.31 Å². The Balaban J connectivity index is 1.39. The first-order valence-corrected chi connectivity index (χ1v) is 12.2. The molecule has 3 aromatic rings. The highest BCUT2D eigenvalue weighted by Crippen LogP contribution is 2.27. The van der Waals surface area contributed by atoms with E-state index >= 15 is 0 Å². The first-order valence-electron chi connectivity index (χ1n) is 10.4. The number of sulfonamides is 1. The van der Waals surface area contributed by atoms with E-state index in [0.29, 0.717) is 35.8 Å². The van der Waals surface area contributed by atoms with Gasteiger partial charge in [-0.2, -0.15) is 4.31 Å². The summed E-state index contributed by atoms with van der Waals surface area (Å²) >= 11 is 5.93. The average Bonchev–Trinajstić information content (AvgIpc) is 2.79. The summed E-state index contributed by atoms with van der Waals surface area (Å²) < 4.78 is 27.7. The molecule has 0 saturated carbocycles. The van der Waals surface area contributed by atoms with Crippen molar-refractivity contribution in [2.45, 2.75) is 30.7 Å². The molecule has 1 fully saturated rings. The van der Waals surface area contributed by atoms with Crippen LogP contribution in [-0.4, -0.2) is 31.7 Å². The van der Waals surface area contributed by atoms with Crippen LogP contribution in [-0.2, 0) is 14.8 Å². The molecule has 1 N–H and O–H groups in total. The molecule has 0 bridgehead atoms. The van der Waals surface area contributed by atoms with Crippen molar-refractivity contribution in [2.24, 2.45) is 5.92 Å². The van der Waals surface area contributed by atoms with Crippen LogP contribution in [0.25, 0.3) is 10.8 Å². The fourth-order valence-electron chi connectivity index (χ4n) is 4.00. The molecule has 31 heavy (non-hydrogen) atoms. The Morgan fingerprint density at radius 2 is 1.65 bits per heavy atom. The van der Waals surface area contributed by atoms with Gasteiger partial charge in [-0.05, 0) is 60.4 Å². The number of rotatable bonds is 5. The van der Waals surface area contributed by atoms with Crippen LogP contribution in [0.15, 0.2) is 71.6 Å². The Kier molecular flexibility index (Phi) is 6.32. The largest absolute Gasteiger partial charge is 0.349 e. The van der Waals surface area contributed by atoms with Crippen LogP contribution in [0.1, 0.15) is 31.4 Å². The number of hydrogen-bond donors (Lipinski definition) is 1. The molecular formula is C24H25ClN2O3S. The van der Waals surface area contributed by atoms with Crippen molar-refractivity contribution in [1.29, 1.82) is 0 Å². The van der Waals surface area contributed by atoms with Crippen molar-refractivity contribution in [3.05, 3.63) is 77.3 Å². The predicted octanol–water partition coefficient (Wildman–Crippen LogP) is 4.77. The number of benzene rings is 3. The average molecular weight is 457 g/mol. The highest BCUT2D eigenvalue weighted by Gasteiger charge is 2.32. The molecule has 162 valence electrons. The molecule has 0 unspecified atom stereocenters. The summed E-state index contributed by atoms with van der Waals surface area (Å²) in [6.45, 7) is 2.60. The molecule has 3 aromatic carbocycles. The minimum Gasteiger partial charge on any atom is -0.349 e. The Bertz CT molecular complexity index is 1190. The maximum Gasteiger partial charge on any atom is 0.243 e. The van der Waals surface area contributed by atoms with Gasteiger partial charge in [0.05, 0.1) is 10.9 Å². The molecule has 0 aromatic heterocycles. The smallest absolute Gasteiger partial charge is 0.243 e. The summed E-state index contributed by atoms with van der Waals surface area (Å²) in [5, 5.41) is 5.60. The Morgan fingerprint density at radius 3 is 2.32 bits per heavy atom. The molecule has 1 aliphatic rings. The zero-order chi connectivity index (χ0) is 22.0. The maximum absolute atomic E-state index is 13.1. The number of fused-ring (bicyclic) bond motifs is 1. The van der Waals surface area contributed by atoms with Crippen molar-refractivity contribution >= 4 is 38.3 Å². The minimum absolute atomic E-state index is 0.0368. The minimum atomic E-state index is -3.58. The summed E-state index contributed by atoms with van der Waals surface area (Å²) in [7, 11) is -3.58. The van der Waals surface area contributed by atoms with Gasteiger partial charge in [0.2, 0.25) is 15.9 Å². The highest BCUT2D eigenvalue weighted by molar-refractivity contribution is 7.89. The summed E-state index contributed by atoms with van der Waals surface area (Å²) in [5.74, 6) is -0.233. The number of nitrogens with zero attached hydrogens (tertiary/aromatic N) is 1. The number of carbonyl (C=O) groups is 1. The number of halogens is 1. The van der Waals surface area contributed by atoms with E-state index in [0.717, 1.165) is 16.3 Å². The van der Waals surface area contributed by atoms with E-state index < -0.39 is 10.0 Å². The molecule has 1 saturated heterocycles. The molecule has 1 atom stereocenters. The van der Waals surface area contributed by atoms with Gasteiger partial charge >= 0.3 is 0 Å². The van der Waals surface area contributed by atoms with Gasteiger partial charge in [0, 0.05) is 24.0 Å². The van der Waals surface area contributed by atoms with E-state index in [4.69, 9.17) is 11.6 Å². The monoisotopic (exact) mass is 456 g/mol. The van der Waals surface area contributed by atoms with E-state index in [-0.39, 0.29) is 17.9 Å². The molecule has 1 amide bonds. The van der Waals surface area contributed by atoms with Gasteiger partial charge in [0.25, 0.3) is 0 Å². The number of piperidine rings is 1. The lowest BCUT2D eigenvalue weighted by Crippen LogP contribution is -2.43. The van der Waals surface area contributed by atoms with Crippen LogP contribution >= 0.6 is 11.6 Å². The van der Waals surface area contributed by atoms with Crippen LogP contribution in [0.4, 0.5) is 0 Å². The third-order valence-corrected chi connectivity index (χ3v) is 8.06. The van der Waals surface area contributed by atoms with Gasteiger partial charge < -0.3 is 5.32 Å². The number of carbonyl (C=O) groups excluding carboxylic acids is 1. The van der Waals surface area contributed by atoms with Gasteiger partial charge in [-0.15, -0.1) is 0 Å². The molecule has 0 aliphatic carbocycles. The van der Waals surface area contributed by atoms with Gasteiger partial charge in [-0.3, -0.25) is 4.79 Å². The Hall–Kier alpha value is -2.41. The highest BCUT2D eigenvalue weighted by atomic mass is 35.5. The molecule has 4 rings (SSSR count). The third-order valence-electron chi connectivity index (χ3n) is 5.91. The van der Waals surface area contributed by atoms with Gasteiger partial charge in [-0.25, -0.2) is 8.42 Å². The summed E-state index contributed by atoms with van der Waals surface area (Å²) in [4.78, 5) is 13.0. The van der Waals surface area contributed by atoms with Crippen molar-refractivity contribution < 1.29 is 13.2 Å². The lowest BCUT2D eigenvalue weighted by molar-refractivity contribution is -0.126. The molecule has 1 aliphatic heterocycles. The first kappa shape index (κ1) is 21.8. The second kappa shape index (κ2) is 8.99. The first-order chi connectivity index (χ1) is 14.8. The Morgan fingerprint density at radius 1 is 1.00 bits per heavy atom. The summed E-state index contributed by atoms with van der Waals surface area (Å²) in [5.41, 5.74) is 0.981. The normalized spacial score (nSPS) is 16.8. The zero-order valence-electron chi connectivity index (χ0n) is 17.3. The maximum atomic E-state index is 13.1. The van der Waals surface area contributed by atoms with Crippen LogP contribution in [0.3, 0.4) is 0 Å². The summed E-state index contributed by atoms with van der Waals surface area (Å²) in [6.07, 6.45) is 1.01. The lowest BCUT2D eigenvalue weighted by Gasteiger charge is -2.31. The van der Waals surface area contributed by atoms with E-state index in [2.05, 4.69) is 5.32 Å². The van der Waals surface area contributed by atoms with E-state index in [9.17, 15) is 13.2 Å². The second-order valence-corrected chi connectivity index (χ2v) is 10.3. The topological polar surface area (TPSA) is 66.5 Å². The van der Waals surface area contributed by atoms with Crippen LogP contribution in [0.5, 0.6) is 0 Å². The fraction of sp³-hybridized carbons (Fsp3) is 0.292.